The highest BCUT2D eigenvalue weighted by atomic mass is 79.9. The standard InChI is InChI=1S/C12H17BrN2O3S/c1-4-12(2,10(16)17)14-11(18)15(3)6-9-5-8(13)7-19-9/h5,7H,4,6H2,1-3H3,(H,14,18)(H,16,17). The molecule has 0 aliphatic heterocycles. The fraction of sp³-hybridized carbons (Fsp3) is 0.500. The van der Waals surface area contributed by atoms with E-state index in [1.54, 1.807) is 25.3 Å². The molecule has 0 saturated heterocycles. The molecule has 1 unspecified atom stereocenters. The van der Waals surface area contributed by atoms with Crippen molar-refractivity contribution < 1.29 is 14.7 Å². The van der Waals surface area contributed by atoms with Crippen molar-refractivity contribution in [2.75, 3.05) is 7.05 Å². The number of carboxylic acids is 1. The molecule has 19 heavy (non-hydrogen) atoms. The predicted octanol–water partition coefficient (Wildman–Crippen LogP) is 2.91. The van der Waals surface area contributed by atoms with Crippen LogP contribution in [0.5, 0.6) is 0 Å². The lowest BCUT2D eigenvalue weighted by molar-refractivity contribution is -0.143. The van der Waals surface area contributed by atoms with E-state index in [0.717, 1.165) is 9.35 Å². The Hall–Kier alpha value is -1.08. The van der Waals surface area contributed by atoms with Gasteiger partial charge in [0.05, 0.1) is 6.54 Å². The van der Waals surface area contributed by atoms with Crippen LogP contribution in [-0.2, 0) is 11.3 Å². The topological polar surface area (TPSA) is 69.6 Å². The third kappa shape index (κ3) is 4.21. The van der Waals surface area contributed by atoms with Crippen molar-refractivity contribution in [3.8, 4) is 0 Å². The summed E-state index contributed by atoms with van der Waals surface area (Å²) in [6.07, 6.45) is 0.326. The van der Waals surface area contributed by atoms with Gasteiger partial charge in [-0.15, -0.1) is 11.3 Å². The van der Waals surface area contributed by atoms with Crippen molar-refractivity contribution in [2.24, 2.45) is 0 Å². The van der Waals surface area contributed by atoms with Crippen molar-refractivity contribution >= 4 is 39.3 Å². The molecule has 0 radical (unpaired) electrons. The van der Waals surface area contributed by atoms with Crippen LogP contribution in [0.25, 0.3) is 0 Å². The third-order valence-corrected chi connectivity index (χ3v) is 4.61. The average molecular weight is 349 g/mol. The molecule has 0 aromatic carbocycles. The minimum absolute atomic E-state index is 0.326. The van der Waals surface area contributed by atoms with Crippen molar-refractivity contribution in [3.63, 3.8) is 0 Å². The van der Waals surface area contributed by atoms with Crippen LogP contribution in [-0.4, -0.2) is 34.6 Å². The summed E-state index contributed by atoms with van der Waals surface area (Å²) in [5.74, 6) is -1.03. The Morgan fingerprint density at radius 3 is 2.63 bits per heavy atom. The number of nitrogens with zero attached hydrogens (tertiary/aromatic N) is 1. The predicted molar refractivity (Wildman–Crippen MR) is 78.3 cm³/mol. The Balaban J connectivity index is 2.65. The molecule has 0 aliphatic carbocycles. The van der Waals surface area contributed by atoms with Crippen molar-refractivity contribution in [1.29, 1.82) is 0 Å². The number of rotatable bonds is 5. The van der Waals surface area contributed by atoms with E-state index in [0.29, 0.717) is 13.0 Å². The second-order valence-corrected chi connectivity index (χ2v) is 6.42. The van der Waals surface area contributed by atoms with Gasteiger partial charge in [0.1, 0.15) is 5.54 Å². The van der Waals surface area contributed by atoms with Crippen LogP contribution in [0.3, 0.4) is 0 Å². The first-order valence-electron chi connectivity index (χ1n) is 5.78. The highest BCUT2D eigenvalue weighted by Gasteiger charge is 2.33. The number of hydrogen-bond donors (Lipinski definition) is 2. The number of carbonyl (C=O) groups is 2. The van der Waals surface area contributed by atoms with E-state index in [-0.39, 0.29) is 0 Å². The van der Waals surface area contributed by atoms with E-state index in [1.165, 1.54) is 11.8 Å². The summed E-state index contributed by atoms with van der Waals surface area (Å²) in [5.41, 5.74) is -1.23. The van der Waals surface area contributed by atoms with Crippen molar-refractivity contribution in [1.82, 2.24) is 10.2 Å². The number of halogens is 1. The van der Waals surface area contributed by atoms with Gasteiger partial charge in [-0.3, -0.25) is 0 Å². The zero-order chi connectivity index (χ0) is 14.6. The molecule has 5 nitrogen and oxygen atoms in total. The molecule has 0 spiro atoms. The number of nitrogens with one attached hydrogen (secondary N) is 1. The summed E-state index contributed by atoms with van der Waals surface area (Å²) in [4.78, 5) is 25.6. The highest BCUT2D eigenvalue weighted by molar-refractivity contribution is 9.10. The van der Waals surface area contributed by atoms with Crippen LogP contribution < -0.4 is 5.32 Å². The zero-order valence-corrected chi connectivity index (χ0v) is 13.5. The van der Waals surface area contributed by atoms with E-state index in [4.69, 9.17) is 5.11 Å². The Kier molecular flexibility index (Phi) is 5.37. The molecule has 7 heteroatoms. The van der Waals surface area contributed by atoms with Gasteiger partial charge in [0.25, 0.3) is 0 Å². The Labute approximate surface area is 124 Å². The maximum absolute atomic E-state index is 12.0. The highest BCUT2D eigenvalue weighted by Crippen LogP contribution is 2.21. The average Bonchev–Trinajstić information content (AvgIpc) is 2.74. The monoisotopic (exact) mass is 348 g/mol. The number of carbonyl (C=O) groups excluding carboxylic acids is 1. The van der Waals surface area contributed by atoms with Crippen molar-refractivity contribution in [3.05, 3.63) is 20.8 Å². The number of carboxylic acid groups (broad SMARTS) is 1. The number of amides is 2. The molecule has 0 saturated carbocycles. The quantitative estimate of drug-likeness (QED) is 0.859. The first kappa shape index (κ1) is 16.0. The van der Waals surface area contributed by atoms with E-state index >= 15 is 0 Å². The molecule has 1 aromatic heterocycles. The molecule has 1 aromatic rings. The fourth-order valence-electron chi connectivity index (χ4n) is 1.37. The first-order valence-corrected chi connectivity index (χ1v) is 7.45. The van der Waals surface area contributed by atoms with Crippen LogP contribution in [0, 0.1) is 0 Å². The van der Waals surface area contributed by atoms with Gasteiger partial charge in [-0.05, 0) is 35.3 Å². The van der Waals surface area contributed by atoms with Crippen LogP contribution >= 0.6 is 27.3 Å². The summed E-state index contributed by atoms with van der Waals surface area (Å²) < 4.78 is 0.977. The first-order chi connectivity index (χ1) is 8.78. The zero-order valence-electron chi connectivity index (χ0n) is 11.1. The maximum Gasteiger partial charge on any atom is 0.329 e. The van der Waals surface area contributed by atoms with Gasteiger partial charge in [-0.25, -0.2) is 9.59 Å². The fourth-order valence-corrected chi connectivity index (χ4v) is 2.87. The number of aliphatic carboxylic acids is 1. The summed E-state index contributed by atoms with van der Waals surface area (Å²) in [6, 6.07) is 1.54. The second kappa shape index (κ2) is 6.38. The van der Waals surface area contributed by atoms with E-state index < -0.39 is 17.5 Å². The molecule has 1 heterocycles. The van der Waals surface area contributed by atoms with Crippen LogP contribution in [0.2, 0.25) is 0 Å². The summed E-state index contributed by atoms with van der Waals surface area (Å²) in [7, 11) is 1.64. The SMILES string of the molecule is CCC(C)(NC(=O)N(C)Cc1cc(Br)cs1)C(=O)O. The van der Waals surface area contributed by atoms with Gasteiger partial charge in [0, 0.05) is 21.8 Å². The summed E-state index contributed by atoms with van der Waals surface area (Å²) in [5, 5.41) is 13.6. The Bertz CT molecular complexity index is 477. The van der Waals surface area contributed by atoms with Gasteiger partial charge >= 0.3 is 12.0 Å². The van der Waals surface area contributed by atoms with E-state index in [1.807, 2.05) is 11.4 Å². The van der Waals surface area contributed by atoms with Gasteiger partial charge in [-0.1, -0.05) is 6.92 Å². The molecule has 0 fully saturated rings. The summed E-state index contributed by atoms with van der Waals surface area (Å²) >= 11 is 4.89. The van der Waals surface area contributed by atoms with Crippen LogP contribution in [0.1, 0.15) is 25.1 Å². The second-order valence-electron chi connectivity index (χ2n) is 4.51. The van der Waals surface area contributed by atoms with E-state index in [2.05, 4.69) is 21.2 Å². The summed E-state index contributed by atoms with van der Waals surface area (Å²) in [6.45, 7) is 3.68. The molecule has 1 atom stereocenters. The lowest BCUT2D eigenvalue weighted by Crippen LogP contribution is -2.54. The number of hydrogen-bond acceptors (Lipinski definition) is 3. The van der Waals surface area contributed by atoms with Gasteiger partial charge in [0.2, 0.25) is 0 Å². The number of thiophene rings is 1. The van der Waals surface area contributed by atoms with Gasteiger partial charge < -0.3 is 15.3 Å². The molecule has 106 valence electrons. The smallest absolute Gasteiger partial charge is 0.329 e. The largest absolute Gasteiger partial charge is 0.480 e. The molecule has 0 aliphatic rings. The normalized spacial score (nSPS) is 13.7. The lowest BCUT2D eigenvalue weighted by atomic mass is 10.00. The van der Waals surface area contributed by atoms with Gasteiger partial charge in [-0.2, -0.15) is 0 Å². The van der Waals surface area contributed by atoms with Crippen molar-refractivity contribution in [2.45, 2.75) is 32.4 Å². The lowest BCUT2D eigenvalue weighted by Gasteiger charge is -2.27. The maximum atomic E-state index is 12.0. The minimum Gasteiger partial charge on any atom is -0.480 e. The molecular weight excluding hydrogens is 332 g/mol. The molecule has 2 amide bonds. The van der Waals surface area contributed by atoms with Crippen LogP contribution in [0.4, 0.5) is 4.79 Å². The molecular formula is C12H17BrN2O3S. The number of urea groups is 1. The molecule has 1 rings (SSSR count). The molecule has 2 N–H and O–H groups in total. The Morgan fingerprint density at radius 2 is 2.21 bits per heavy atom. The van der Waals surface area contributed by atoms with Crippen LogP contribution in [0.15, 0.2) is 15.9 Å². The minimum atomic E-state index is -1.23. The third-order valence-electron chi connectivity index (χ3n) is 2.92. The Morgan fingerprint density at radius 1 is 1.58 bits per heavy atom. The van der Waals surface area contributed by atoms with Gasteiger partial charge in [0.15, 0.2) is 0 Å². The molecule has 0 bridgehead atoms. The van der Waals surface area contributed by atoms with E-state index in [9.17, 15) is 9.59 Å².